The van der Waals surface area contributed by atoms with E-state index in [0.29, 0.717) is 28.5 Å². The molecular formula is C30H32F2N2O2. The van der Waals surface area contributed by atoms with E-state index in [1.807, 2.05) is 51.1 Å². The van der Waals surface area contributed by atoms with E-state index in [9.17, 15) is 0 Å². The standard InChI is InChI=1S/C30H32F2N2O2/c1-17-21-13-7-9-15-23(21)29(31)35-27(17)25-19(3)33-34(20-11-5-4-6-12-20)26(25)28-18(2)22-14-8-10-16-24(22)30(32)36-28/h4-6,11-12,29-30H,7-10,13-16H2,1-3H3. The molecule has 2 aliphatic carbocycles. The van der Waals surface area contributed by atoms with Crippen LogP contribution in [0.15, 0.2) is 63.8 Å². The molecule has 2 atom stereocenters. The summed E-state index contributed by atoms with van der Waals surface area (Å²) in [5.41, 5.74) is 8.33. The van der Waals surface area contributed by atoms with Crippen LogP contribution in [-0.2, 0) is 9.47 Å². The lowest BCUT2D eigenvalue weighted by Crippen LogP contribution is -2.23. The second kappa shape index (κ2) is 9.06. The zero-order valence-electron chi connectivity index (χ0n) is 21.2. The van der Waals surface area contributed by atoms with Gasteiger partial charge in [-0.05, 0) is 107 Å². The van der Waals surface area contributed by atoms with Gasteiger partial charge in [0.2, 0.25) is 0 Å². The van der Waals surface area contributed by atoms with Crippen molar-refractivity contribution in [3.8, 4) is 5.69 Å². The first kappa shape index (κ1) is 23.3. The van der Waals surface area contributed by atoms with Gasteiger partial charge in [-0.3, -0.25) is 0 Å². The van der Waals surface area contributed by atoms with Crippen molar-refractivity contribution in [3.63, 3.8) is 0 Å². The maximum absolute atomic E-state index is 15.4. The van der Waals surface area contributed by atoms with Crippen LogP contribution in [0.3, 0.4) is 0 Å². The molecule has 0 saturated heterocycles. The Hall–Kier alpha value is -3.15. The molecule has 0 bridgehead atoms. The number of nitrogens with zero attached hydrogens (tertiary/aromatic N) is 2. The SMILES string of the molecule is CC1=C(c2c(C)nn(-c3ccccc3)c2C2=C(C)C3=C(CCCC3)C(F)O2)OC(F)C2=C1CCCC2. The monoisotopic (exact) mass is 490 g/mol. The van der Waals surface area contributed by atoms with Gasteiger partial charge in [0.05, 0.1) is 16.9 Å². The number of hydrogen-bond donors (Lipinski definition) is 0. The van der Waals surface area contributed by atoms with Crippen molar-refractivity contribution in [1.29, 1.82) is 0 Å². The van der Waals surface area contributed by atoms with Gasteiger partial charge in [0.25, 0.3) is 12.7 Å². The minimum absolute atomic E-state index is 0.463. The highest BCUT2D eigenvalue weighted by molar-refractivity contribution is 5.82. The fourth-order valence-electron chi connectivity index (χ4n) is 6.26. The van der Waals surface area contributed by atoms with E-state index in [1.54, 1.807) is 4.68 Å². The van der Waals surface area contributed by atoms with Crippen LogP contribution in [0.5, 0.6) is 0 Å². The van der Waals surface area contributed by atoms with Crippen molar-refractivity contribution in [1.82, 2.24) is 9.78 Å². The fraction of sp³-hybridized carbons (Fsp3) is 0.433. The van der Waals surface area contributed by atoms with Gasteiger partial charge < -0.3 is 9.47 Å². The first-order valence-corrected chi connectivity index (χ1v) is 13.1. The van der Waals surface area contributed by atoms with Gasteiger partial charge in [0, 0.05) is 11.1 Å². The molecule has 6 heteroatoms. The molecule has 1 aromatic heterocycles. The van der Waals surface area contributed by atoms with Crippen molar-refractivity contribution < 1.29 is 18.3 Å². The minimum atomic E-state index is -1.49. The van der Waals surface area contributed by atoms with E-state index in [-0.39, 0.29) is 0 Å². The molecule has 0 N–H and O–H groups in total. The number of allylic oxidation sites excluding steroid dienone is 4. The van der Waals surface area contributed by atoms with E-state index < -0.39 is 12.7 Å². The average molecular weight is 491 g/mol. The van der Waals surface area contributed by atoms with Crippen molar-refractivity contribution in [2.45, 2.75) is 84.9 Å². The smallest absolute Gasteiger partial charge is 0.261 e. The average Bonchev–Trinajstić information content (AvgIpc) is 3.25. The second-order valence-corrected chi connectivity index (χ2v) is 10.3. The van der Waals surface area contributed by atoms with Gasteiger partial charge in [-0.2, -0.15) is 13.9 Å². The number of ether oxygens (including phenoxy) is 2. The minimum Gasteiger partial charge on any atom is -0.455 e. The number of rotatable bonds is 3. The van der Waals surface area contributed by atoms with Crippen molar-refractivity contribution in [3.05, 3.63) is 80.7 Å². The van der Waals surface area contributed by atoms with Crippen LogP contribution >= 0.6 is 0 Å². The summed E-state index contributed by atoms with van der Waals surface area (Å²) >= 11 is 0. The summed E-state index contributed by atoms with van der Waals surface area (Å²) in [5.74, 6) is 0.950. The molecule has 0 amide bonds. The molecule has 0 spiro atoms. The van der Waals surface area contributed by atoms with Crippen LogP contribution in [0.25, 0.3) is 17.2 Å². The normalized spacial score (nSPS) is 24.5. The number of alkyl halides is 2. The third kappa shape index (κ3) is 3.64. The van der Waals surface area contributed by atoms with Gasteiger partial charge in [-0.25, -0.2) is 4.68 Å². The lowest BCUT2D eigenvalue weighted by molar-refractivity contribution is 0.0596. The van der Waals surface area contributed by atoms with Crippen LogP contribution in [0.4, 0.5) is 8.78 Å². The summed E-state index contributed by atoms with van der Waals surface area (Å²) < 4.78 is 44.7. The topological polar surface area (TPSA) is 36.3 Å². The fourth-order valence-corrected chi connectivity index (χ4v) is 6.26. The quantitative estimate of drug-likeness (QED) is 0.437. The highest BCUT2D eigenvalue weighted by Crippen LogP contribution is 2.47. The summed E-state index contributed by atoms with van der Waals surface area (Å²) in [6, 6.07) is 9.74. The molecule has 3 heterocycles. The number of hydrogen-bond acceptors (Lipinski definition) is 3. The Kier molecular flexibility index (Phi) is 5.85. The van der Waals surface area contributed by atoms with Gasteiger partial charge in [-0.15, -0.1) is 0 Å². The highest BCUT2D eigenvalue weighted by Gasteiger charge is 2.38. The first-order chi connectivity index (χ1) is 17.5. The maximum Gasteiger partial charge on any atom is 0.261 e. The highest BCUT2D eigenvalue weighted by atomic mass is 19.1. The molecule has 6 rings (SSSR count). The molecule has 1 aromatic carbocycles. The van der Waals surface area contributed by atoms with Crippen LogP contribution in [0.2, 0.25) is 0 Å². The van der Waals surface area contributed by atoms with Gasteiger partial charge in [0.1, 0.15) is 11.5 Å². The summed E-state index contributed by atoms with van der Waals surface area (Å²) in [4.78, 5) is 0. The number of aryl methyl sites for hydroxylation is 1. The number of aromatic nitrogens is 2. The van der Waals surface area contributed by atoms with E-state index >= 15 is 8.78 Å². The lowest BCUT2D eigenvalue weighted by Gasteiger charge is -2.33. The van der Waals surface area contributed by atoms with E-state index in [2.05, 4.69) is 0 Å². The van der Waals surface area contributed by atoms with Gasteiger partial charge >= 0.3 is 0 Å². The Bertz CT molecular complexity index is 1350. The van der Waals surface area contributed by atoms with Crippen LogP contribution in [0.1, 0.15) is 82.2 Å². The predicted octanol–water partition coefficient (Wildman–Crippen LogP) is 8.04. The molecular weight excluding hydrogens is 458 g/mol. The molecule has 4 nitrogen and oxygen atoms in total. The van der Waals surface area contributed by atoms with Gasteiger partial charge in [-0.1, -0.05) is 18.2 Å². The van der Waals surface area contributed by atoms with E-state index in [1.165, 1.54) is 0 Å². The van der Waals surface area contributed by atoms with E-state index in [0.717, 1.165) is 90.5 Å². The Labute approximate surface area is 211 Å². The maximum atomic E-state index is 15.4. The first-order valence-electron chi connectivity index (χ1n) is 13.1. The van der Waals surface area contributed by atoms with Gasteiger partial charge in [0.15, 0.2) is 5.76 Å². The molecule has 0 saturated carbocycles. The van der Waals surface area contributed by atoms with E-state index in [4.69, 9.17) is 14.6 Å². The molecule has 36 heavy (non-hydrogen) atoms. The molecule has 4 aliphatic rings. The Balaban J connectivity index is 1.62. The molecule has 2 unspecified atom stereocenters. The second-order valence-electron chi connectivity index (χ2n) is 10.3. The molecule has 0 fully saturated rings. The summed E-state index contributed by atoms with van der Waals surface area (Å²) in [5, 5.41) is 4.87. The van der Waals surface area contributed by atoms with Crippen molar-refractivity contribution in [2.24, 2.45) is 0 Å². The lowest BCUT2D eigenvalue weighted by atomic mass is 9.83. The summed E-state index contributed by atoms with van der Waals surface area (Å²) in [6.07, 6.45) is 4.20. The molecule has 2 aliphatic heterocycles. The Morgan fingerprint density at radius 1 is 0.750 bits per heavy atom. The Morgan fingerprint density at radius 2 is 1.28 bits per heavy atom. The van der Waals surface area contributed by atoms with Crippen molar-refractivity contribution >= 4 is 11.5 Å². The third-order valence-electron chi connectivity index (χ3n) is 8.10. The number of para-hydroxylation sites is 1. The van der Waals surface area contributed by atoms with Crippen LogP contribution < -0.4 is 0 Å². The summed E-state index contributed by atoms with van der Waals surface area (Å²) in [6.45, 7) is 5.91. The zero-order chi connectivity index (χ0) is 25.0. The third-order valence-corrected chi connectivity index (χ3v) is 8.10. The molecule has 2 aromatic rings. The van der Waals surface area contributed by atoms with Crippen LogP contribution in [-0.4, -0.2) is 22.5 Å². The van der Waals surface area contributed by atoms with Crippen LogP contribution in [0, 0.1) is 6.92 Å². The molecule has 188 valence electrons. The molecule has 0 radical (unpaired) electrons. The zero-order valence-corrected chi connectivity index (χ0v) is 21.2. The number of benzene rings is 1. The van der Waals surface area contributed by atoms with Crippen molar-refractivity contribution in [2.75, 3.05) is 0 Å². The predicted molar refractivity (Wildman–Crippen MR) is 136 cm³/mol. The largest absolute Gasteiger partial charge is 0.455 e. The summed E-state index contributed by atoms with van der Waals surface area (Å²) in [7, 11) is 0. The Morgan fingerprint density at radius 3 is 1.89 bits per heavy atom. The number of halogens is 2.